The minimum absolute atomic E-state index is 0.169. The van der Waals surface area contributed by atoms with E-state index in [2.05, 4.69) is 23.1 Å². The normalized spacial score (nSPS) is 16.2. The molecule has 1 fully saturated rings. The monoisotopic (exact) mass is 336 g/mol. The first-order chi connectivity index (χ1) is 12.2. The summed E-state index contributed by atoms with van der Waals surface area (Å²) in [6.45, 7) is 3.03. The summed E-state index contributed by atoms with van der Waals surface area (Å²) in [5.74, 6) is 0.987. The smallest absolute Gasteiger partial charge is 0.231 e. The molecular weight excluding hydrogens is 312 g/mol. The van der Waals surface area contributed by atoms with E-state index in [1.807, 2.05) is 29.2 Å². The summed E-state index contributed by atoms with van der Waals surface area (Å²) in [4.78, 5) is 17.2. The van der Waals surface area contributed by atoms with Gasteiger partial charge in [-0.15, -0.1) is 0 Å². The molecule has 0 aromatic heterocycles. The fraction of sp³-hybridized carbons (Fsp3) is 0.381. The van der Waals surface area contributed by atoms with Crippen LogP contribution in [-0.4, -0.2) is 32.7 Å². The number of benzene rings is 2. The summed E-state index contributed by atoms with van der Waals surface area (Å²) < 4.78 is 5.18. The number of hydrogen-bond donors (Lipinski definition) is 0. The molecule has 2 aliphatic heterocycles. The Morgan fingerprint density at radius 2 is 1.80 bits per heavy atom. The van der Waals surface area contributed by atoms with Crippen molar-refractivity contribution in [3.8, 4) is 5.75 Å². The third-order valence-corrected chi connectivity index (χ3v) is 5.25. The van der Waals surface area contributed by atoms with Crippen LogP contribution >= 0.6 is 0 Å². The van der Waals surface area contributed by atoms with Gasteiger partial charge >= 0.3 is 0 Å². The van der Waals surface area contributed by atoms with Crippen LogP contribution in [0, 0.1) is 0 Å². The average Bonchev–Trinajstić information content (AvgIpc) is 3.31. The first kappa shape index (κ1) is 16.0. The number of amides is 1. The number of carbonyl (C=O) groups excluding carboxylic acids is 1. The molecule has 0 spiro atoms. The molecule has 25 heavy (non-hydrogen) atoms. The van der Waals surface area contributed by atoms with E-state index in [9.17, 15) is 4.79 Å². The van der Waals surface area contributed by atoms with Gasteiger partial charge in [-0.1, -0.05) is 18.2 Å². The van der Waals surface area contributed by atoms with Crippen molar-refractivity contribution in [2.24, 2.45) is 0 Å². The van der Waals surface area contributed by atoms with Crippen LogP contribution in [-0.2, 0) is 17.6 Å². The largest absolute Gasteiger partial charge is 0.497 e. The summed E-state index contributed by atoms with van der Waals surface area (Å²) in [5, 5.41) is 0. The second-order valence-corrected chi connectivity index (χ2v) is 6.83. The Bertz CT molecular complexity index is 764. The van der Waals surface area contributed by atoms with Crippen LogP contribution in [0.15, 0.2) is 42.5 Å². The molecule has 4 nitrogen and oxygen atoms in total. The predicted octanol–water partition coefficient (Wildman–Crippen LogP) is 3.43. The predicted molar refractivity (Wildman–Crippen MR) is 101 cm³/mol. The van der Waals surface area contributed by atoms with Gasteiger partial charge in [-0.3, -0.25) is 4.79 Å². The van der Waals surface area contributed by atoms with Crippen LogP contribution in [0.3, 0.4) is 0 Å². The summed E-state index contributed by atoms with van der Waals surface area (Å²) in [6, 6.07) is 14.4. The third kappa shape index (κ3) is 3.21. The molecule has 2 aliphatic rings. The van der Waals surface area contributed by atoms with Crippen molar-refractivity contribution in [1.29, 1.82) is 0 Å². The molecule has 4 rings (SSSR count). The second kappa shape index (κ2) is 6.79. The lowest BCUT2D eigenvalue weighted by Gasteiger charge is -2.22. The van der Waals surface area contributed by atoms with Crippen molar-refractivity contribution in [3.63, 3.8) is 0 Å². The third-order valence-electron chi connectivity index (χ3n) is 5.25. The fourth-order valence-corrected chi connectivity index (χ4v) is 3.81. The van der Waals surface area contributed by atoms with Gasteiger partial charge in [0.1, 0.15) is 5.75 Å². The molecule has 0 aliphatic carbocycles. The zero-order chi connectivity index (χ0) is 17.2. The maximum Gasteiger partial charge on any atom is 0.231 e. The summed E-state index contributed by atoms with van der Waals surface area (Å²) >= 11 is 0. The lowest BCUT2D eigenvalue weighted by Crippen LogP contribution is -2.30. The Balaban J connectivity index is 1.52. The van der Waals surface area contributed by atoms with E-state index in [0.29, 0.717) is 6.42 Å². The van der Waals surface area contributed by atoms with Crippen molar-refractivity contribution in [2.45, 2.75) is 25.7 Å². The molecule has 4 heteroatoms. The minimum Gasteiger partial charge on any atom is -0.497 e. The summed E-state index contributed by atoms with van der Waals surface area (Å²) in [5.41, 5.74) is 4.66. The number of carbonyl (C=O) groups is 1. The number of hydrogen-bond acceptors (Lipinski definition) is 3. The van der Waals surface area contributed by atoms with Crippen molar-refractivity contribution >= 4 is 17.3 Å². The molecule has 0 N–H and O–H groups in total. The van der Waals surface area contributed by atoms with Gasteiger partial charge in [-0.2, -0.15) is 0 Å². The molecule has 2 heterocycles. The van der Waals surface area contributed by atoms with Gasteiger partial charge in [-0.25, -0.2) is 0 Å². The van der Waals surface area contributed by atoms with Crippen LogP contribution in [0.4, 0.5) is 11.4 Å². The number of methoxy groups -OCH3 is 1. The molecule has 1 saturated heterocycles. The van der Waals surface area contributed by atoms with Gasteiger partial charge in [-0.05, 0) is 54.7 Å². The van der Waals surface area contributed by atoms with Gasteiger partial charge in [0.2, 0.25) is 5.91 Å². The summed E-state index contributed by atoms with van der Waals surface area (Å²) in [6.07, 6.45) is 3.90. The molecule has 130 valence electrons. The lowest BCUT2D eigenvalue weighted by molar-refractivity contribution is -0.117. The molecule has 2 aromatic carbocycles. The molecule has 0 atom stereocenters. The molecule has 0 saturated carbocycles. The van der Waals surface area contributed by atoms with E-state index in [-0.39, 0.29) is 5.91 Å². The minimum atomic E-state index is 0.169. The van der Waals surface area contributed by atoms with Gasteiger partial charge < -0.3 is 14.5 Å². The highest BCUT2D eigenvalue weighted by Gasteiger charge is 2.26. The van der Waals surface area contributed by atoms with Crippen LogP contribution in [0.2, 0.25) is 0 Å². The van der Waals surface area contributed by atoms with Gasteiger partial charge in [0.25, 0.3) is 0 Å². The molecule has 0 bridgehead atoms. The second-order valence-electron chi connectivity index (χ2n) is 6.83. The van der Waals surface area contributed by atoms with Gasteiger partial charge in [0, 0.05) is 31.0 Å². The lowest BCUT2D eigenvalue weighted by atomic mass is 10.1. The van der Waals surface area contributed by atoms with E-state index in [0.717, 1.165) is 43.1 Å². The highest BCUT2D eigenvalue weighted by molar-refractivity contribution is 5.97. The summed E-state index contributed by atoms with van der Waals surface area (Å²) in [7, 11) is 1.65. The van der Waals surface area contributed by atoms with Crippen molar-refractivity contribution in [3.05, 3.63) is 53.6 Å². The zero-order valence-electron chi connectivity index (χ0n) is 14.7. The van der Waals surface area contributed by atoms with Crippen molar-refractivity contribution in [2.75, 3.05) is 36.5 Å². The quantitative estimate of drug-likeness (QED) is 0.857. The highest BCUT2D eigenvalue weighted by Crippen LogP contribution is 2.33. The first-order valence-corrected chi connectivity index (χ1v) is 9.06. The molecule has 0 radical (unpaired) electrons. The van der Waals surface area contributed by atoms with E-state index in [4.69, 9.17) is 4.74 Å². The standard InChI is InChI=1S/C21H24N2O2/c1-25-19-8-4-16(5-9-19)14-21(24)23-13-10-17-6-7-18(15-20(17)23)22-11-2-3-12-22/h4-9,15H,2-3,10-14H2,1H3. The van der Waals surface area contributed by atoms with Crippen molar-refractivity contribution < 1.29 is 9.53 Å². The van der Waals surface area contributed by atoms with E-state index >= 15 is 0 Å². The van der Waals surface area contributed by atoms with Crippen molar-refractivity contribution in [1.82, 2.24) is 0 Å². The Labute approximate surface area is 149 Å². The van der Waals surface area contributed by atoms with Crippen LogP contribution in [0.25, 0.3) is 0 Å². The van der Waals surface area contributed by atoms with Gasteiger partial charge in [0.05, 0.1) is 13.5 Å². The number of anilines is 2. The zero-order valence-corrected chi connectivity index (χ0v) is 14.7. The number of ether oxygens (including phenoxy) is 1. The highest BCUT2D eigenvalue weighted by atomic mass is 16.5. The maximum atomic E-state index is 12.8. The topological polar surface area (TPSA) is 32.8 Å². The first-order valence-electron chi connectivity index (χ1n) is 9.06. The van der Waals surface area contributed by atoms with E-state index in [1.54, 1.807) is 7.11 Å². The van der Waals surface area contributed by atoms with E-state index < -0.39 is 0 Å². The van der Waals surface area contributed by atoms with Gasteiger partial charge in [0.15, 0.2) is 0 Å². The van der Waals surface area contributed by atoms with E-state index in [1.165, 1.54) is 24.1 Å². The number of nitrogens with zero attached hydrogens (tertiary/aromatic N) is 2. The molecule has 2 aromatic rings. The Morgan fingerprint density at radius 1 is 1.04 bits per heavy atom. The Hall–Kier alpha value is -2.49. The van der Waals surface area contributed by atoms with Crippen LogP contribution in [0.1, 0.15) is 24.0 Å². The molecule has 0 unspecified atom stereocenters. The molecule has 1 amide bonds. The fourth-order valence-electron chi connectivity index (χ4n) is 3.81. The average molecular weight is 336 g/mol. The van der Waals surface area contributed by atoms with Crippen LogP contribution in [0.5, 0.6) is 5.75 Å². The SMILES string of the molecule is COc1ccc(CC(=O)N2CCc3ccc(N4CCCC4)cc32)cc1. The maximum absolute atomic E-state index is 12.8. The molecular formula is C21H24N2O2. The number of rotatable bonds is 4. The Kier molecular flexibility index (Phi) is 4.35. The number of fused-ring (bicyclic) bond motifs is 1. The van der Waals surface area contributed by atoms with Crippen LogP contribution < -0.4 is 14.5 Å². The Morgan fingerprint density at radius 3 is 2.52 bits per heavy atom.